The second-order valence-corrected chi connectivity index (χ2v) is 4.46. The molecule has 0 spiro atoms. The molecule has 78 valence electrons. The Hall–Kier alpha value is -1.19. The summed E-state index contributed by atoms with van der Waals surface area (Å²) in [7, 11) is 1.64. The van der Waals surface area contributed by atoms with Crippen molar-refractivity contribution < 1.29 is 4.74 Å². The van der Waals surface area contributed by atoms with Crippen molar-refractivity contribution in [1.29, 1.82) is 0 Å². The number of thiophene rings is 1. The van der Waals surface area contributed by atoms with E-state index in [1.807, 2.05) is 23.6 Å². The van der Waals surface area contributed by atoms with Crippen LogP contribution in [0.2, 0.25) is 5.02 Å². The number of nitrogen functional groups attached to an aromatic ring is 1. The van der Waals surface area contributed by atoms with Crippen LogP contribution < -0.4 is 10.5 Å². The Balaban J connectivity index is 2.55. The number of rotatable bonds is 2. The largest absolute Gasteiger partial charge is 0.496 e. The van der Waals surface area contributed by atoms with Gasteiger partial charge >= 0.3 is 0 Å². The van der Waals surface area contributed by atoms with Crippen LogP contribution in [-0.4, -0.2) is 7.11 Å². The van der Waals surface area contributed by atoms with Crippen LogP contribution in [0.3, 0.4) is 0 Å². The van der Waals surface area contributed by atoms with Gasteiger partial charge in [0.25, 0.3) is 0 Å². The van der Waals surface area contributed by atoms with Gasteiger partial charge in [-0.05, 0) is 29.8 Å². The Bertz CT molecular complexity index is 481. The average molecular weight is 240 g/mol. The summed E-state index contributed by atoms with van der Waals surface area (Å²) < 4.78 is 5.27. The molecule has 0 aliphatic heterocycles. The molecule has 0 saturated heterocycles. The van der Waals surface area contributed by atoms with Crippen molar-refractivity contribution in [1.82, 2.24) is 0 Å². The van der Waals surface area contributed by atoms with E-state index in [4.69, 9.17) is 22.1 Å². The Morgan fingerprint density at radius 3 is 2.73 bits per heavy atom. The van der Waals surface area contributed by atoms with E-state index in [2.05, 4.69) is 0 Å². The smallest absolute Gasteiger partial charge is 0.126 e. The van der Waals surface area contributed by atoms with Crippen molar-refractivity contribution in [2.45, 2.75) is 0 Å². The molecule has 0 saturated carbocycles. The van der Waals surface area contributed by atoms with Gasteiger partial charge in [-0.2, -0.15) is 0 Å². The van der Waals surface area contributed by atoms with Crippen LogP contribution in [-0.2, 0) is 0 Å². The highest BCUT2D eigenvalue weighted by Gasteiger charge is 2.07. The van der Waals surface area contributed by atoms with Crippen molar-refractivity contribution >= 4 is 27.9 Å². The van der Waals surface area contributed by atoms with Gasteiger partial charge in [-0.3, -0.25) is 0 Å². The van der Waals surface area contributed by atoms with E-state index in [1.165, 1.54) is 11.3 Å². The standard InChI is InChI=1S/C11H10ClNOS/c1-14-10-3-2-8(12)5-9(10)7-4-11(13)15-6-7/h2-6H,13H2,1H3. The fourth-order valence-corrected chi connectivity index (χ4v) is 2.23. The molecule has 1 aromatic carbocycles. The molecule has 2 N–H and O–H groups in total. The zero-order chi connectivity index (χ0) is 10.8. The van der Waals surface area contributed by atoms with Gasteiger partial charge in [0.15, 0.2) is 0 Å². The first-order valence-corrected chi connectivity index (χ1v) is 5.64. The molecule has 2 rings (SSSR count). The Labute approximate surface area is 97.3 Å². The molecule has 0 unspecified atom stereocenters. The topological polar surface area (TPSA) is 35.2 Å². The van der Waals surface area contributed by atoms with Gasteiger partial charge in [0.05, 0.1) is 12.1 Å². The maximum absolute atomic E-state index is 5.95. The minimum absolute atomic E-state index is 0.690. The van der Waals surface area contributed by atoms with E-state index in [0.29, 0.717) is 5.02 Å². The number of hydrogen-bond donors (Lipinski definition) is 1. The number of nitrogens with two attached hydrogens (primary N) is 1. The number of benzene rings is 1. The van der Waals surface area contributed by atoms with E-state index in [1.54, 1.807) is 13.2 Å². The summed E-state index contributed by atoms with van der Waals surface area (Å²) in [5, 5.41) is 3.46. The number of methoxy groups -OCH3 is 1. The SMILES string of the molecule is COc1ccc(Cl)cc1-c1csc(N)c1. The number of ether oxygens (including phenoxy) is 1. The summed E-state index contributed by atoms with van der Waals surface area (Å²) in [5.41, 5.74) is 7.70. The van der Waals surface area contributed by atoms with E-state index in [-0.39, 0.29) is 0 Å². The minimum atomic E-state index is 0.690. The quantitative estimate of drug-likeness (QED) is 0.868. The second kappa shape index (κ2) is 4.13. The van der Waals surface area contributed by atoms with E-state index < -0.39 is 0 Å². The molecule has 1 aromatic heterocycles. The maximum Gasteiger partial charge on any atom is 0.126 e. The highest BCUT2D eigenvalue weighted by molar-refractivity contribution is 7.14. The molecule has 0 bridgehead atoms. The molecule has 2 aromatic rings. The summed E-state index contributed by atoms with van der Waals surface area (Å²) in [5.74, 6) is 0.803. The maximum atomic E-state index is 5.95. The molecule has 0 amide bonds. The summed E-state index contributed by atoms with van der Waals surface area (Å²) in [6, 6.07) is 7.45. The number of hydrogen-bond acceptors (Lipinski definition) is 3. The predicted octanol–water partition coefficient (Wildman–Crippen LogP) is 3.66. The fourth-order valence-electron chi connectivity index (χ4n) is 1.40. The molecule has 0 radical (unpaired) electrons. The summed E-state index contributed by atoms with van der Waals surface area (Å²) in [4.78, 5) is 0. The van der Waals surface area contributed by atoms with Crippen molar-refractivity contribution in [2.75, 3.05) is 12.8 Å². The van der Waals surface area contributed by atoms with Crippen LogP contribution in [0.1, 0.15) is 0 Å². The van der Waals surface area contributed by atoms with Crippen molar-refractivity contribution in [3.05, 3.63) is 34.7 Å². The van der Waals surface area contributed by atoms with Crippen LogP contribution in [0.5, 0.6) is 5.75 Å². The predicted molar refractivity (Wildman–Crippen MR) is 65.7 cm³/mol. The molecule has 1 heterocycles. The lowest BCUT2D eigenvalue weighted by molar-refractivity contribution is 0.416. The van der Waals surface area contributed by atoms with Gasteiger partial charge in [-0.15, -0.1) is 11.3 Å². The van der Waals surface area contributed by atoms with E-state index >= 15 is 0 Å². The second-order valence-electron chi connectivity index (χ2n) is 3.08. The highest BCUT2D eigenvalue weighted by atomic mass is 35.5. The van der Waals surface area contributed by atoms with Crippen LogP contribution >= 0.6 is 22.9 Å². The molecule has 0 fully saturated rings. The molecule has 4 heteroatoms. The molecular weight excluding hydrogens is 230 g/mol. The van der Waals surface area contributed by atoms with Crippen molar-refractivity contribution in [3.8, 4) is 16.9 Å². The molecule has 0 aliphatic carbocycles. The van der Waals surface area contributed by atoms with Gasteiger partial charge in [0.2, 0.25) is 0 Å². The minimum Gasteiger partial charge on any atom is -0.496 e. The lowest BCUT2D eigenvalue weighted by Crippen LogP contribution is -1.86. The Morgan fingerprint density at radius 2 is 2.13 bits per heavy atom. The first-order valence-electron chi connectivity index (χ1n) is 4.38. The first kappa shape index (κ1) is 10.3. The normalized spacial score (nSPS) is 10.3. The third-order valence-electron chi connectivity index (χ3n) is 2.09. The summed E-state index contributed by atoms with van der Waals surface area (Å²) >= 11 is 7.45. The van der Waals surface area contributed by atoms with Crippen molar-refractivity contribution in [2.24, 2.45) is 0 Å². The Kier molecular flexibility index (Phi) is 2.84. The summed E-state index contributed by atoms with van der Waals surface area (Å²) in [6.45, 7) is 0. The van der Waals surface area contributed by atoms with Crippen LogP contribution in [0.25, 0.3) is 11.1 Å². The van der Waals surface area contributed by atoms with Gasteiger partial charge in [0, 0.05) is 16.0 Å². The summed E-state index contributed by atoms with van der Waals surface area (Å²) in [6.07, 6.45) is 0. The average Bonchev–Trinajstić information content (AvgIpc) is 2.65. The zero-order valence-electron chi connectivity index (χ0n) is 8.16. The van der Waals surface area contributed by atoms with Gasteiger partial charge in [0.1, 0.15) is 5.75 Å². The van der Waals surface area contributed by atoms with Gasteiger partial charge in [-0.25, -0.2) is 0 Å². The Morgan fingerprint density at radius 1 is 1.33 bits per heavy atom. The molecule has 0 atom stereocenters. The van der Waals surface area contributed by atoms with E-state index in [0.717, 1.165) is 21.9 Å². The fraction of sp³-hybridized carbons (Fsp3) is 0.0909. The van der Waals surface area contributed by atoms with E-state index in [9.17, 15) is 0 Å². The monoisotopic (exact) mass is 239 g/mol. The zero-order valence-corrected chi connectivity index (χ0v) is 9.73. The van der Waals surface area contributed by atoms with Crippen LogP contribution in [0, 0.1) is 0 Å². The van der Waals surface area contributed by atoms with Crippen LogP contribution in [0.4, 0.5) is 5.00 Å². The first-order chi connectivity index (χ1) is 7.20. The van der Waals surface area contributed by atoms with Crippen molar-refractivity contribution in [3.63, 3.8) is 0 Å². The molecule has 2 nitrogen and oxygen atoms in total. The lowest BCUT2D eigenvalue weighted by Gasteiger charge is -2.06. The lowest BCUT2D eigenvalue weighted by atomic mass is 10.1. The van der Waals surface area contributed by atoms with Gasteiger partial charge in [-0.1, -0.05) is 11.6 Å². The van der Waals surface area contributed by atoms with Crippen LogP contribution in [0.15, 0.2) is 29.6 Å². The molecule has 0 aliphatic rings. The van der Waals surface area contributed by atoms with Gasteiger partial charge < -0.3 is 10.5 Å². The number of anilines is 1. The third-order valence-corrected chi connectivity index (χ3v) is 3.09. The third kappa shape index (κ3) is 2.08. The molecular formula is C11H10ClNOS. The number of halogens is 1. The highest BCUT2D eigenvalue weighted by Crippen LogP contribution is 2.35. The molecule has 15 heavy (non-hydrogen) atoms.